The lowest BCUT2D eigenvalue weighted by atomic mass is 10.1. The summed E-state index contributed by atoms with van der Waals surface area (Å²) in [5.41, 5.74) is 5.58. The molecular weight excluding hydrogens is 322 g/mol. The summed E-state index contributed by atoms with van der Waals surface area (Å²) in [4.78, 5) is 27.6. The van der Waals surface area contributed by atoms with E-state index in [0.717, 1.165) is 21.7 Å². The zero-order valence-corrected chi connectivity index (χ0v) is 14.0. The summed E-state index contributed by atoms with van der Waals surface area (Å²) in [6.45, 7) is 4.11. The monoisotopic (exact) mass is 341 g/mol. The summed E-state index contributed by atoms with van der Waals surface area (Å²) in [7, 11) is 0. The zero-order chi connectivity index (χ0) is 18.0. The van der Waals surface area contributed by atoms with E-state index >= 15 is 0 Å². The highest BCUT2D eigenvalue weighted by Gasteiger charge is 2.28. The summed E-state index contributed by atoms with van der Waals surface area (Å²) in [5, 5.41) is 14.8. The minimum atomic E-state index is -0.743. The van der Waals surface area contributed by atoms with Gasteiger partial charge in [-0.3, -0.25) is 20.0 Å². The second-order valence-corrected chi connectivity index (χ2v) is 6.08. The van der Waals surface area contributed by atoms with Gasteiger partial charge < -0.3 is 5.11 Å². The summed E-state index contributed by atoms with van der Waals surface area (Å²) in [6.07, 6.45) is 3.48. The molecule has 0 bridgehead atoms. The van der Waals surface area contributed by atoms with E-state index in [1.807, 2.05) is 26.0 Å². The Morgan fingerprint density at radius 2 is 2.04 bits per heavy atom. The maximum atomic E-state index is 11.9. The van der Waals surface area contributed by atoms with Crippen molar-refractivity contribution < 1.29 is 14.7 Å². The van der Waals surface area contributed by atoms with E-state index in [1.54, 1.807) is 0 Å². The Bertz CT molecular complexity index is 822. The number of aliphatic hydroxyl groups excluding tert-OH is 1. The van der Waals surface area contributed by atoms with E-state index in [2.05, 4.69) is 21.6 Å². The average Bonchev–Trinajstić information content (AvgIpc) is 3.11. The maximum Gasteiger partial charge on any atom is 0.264 e. The molecule has 0 saturated carbocycles. The summed E-state index contributed by atoms with van der Waals surface area (Å²) in [5.74, 6) is -0.229. The molecule has 3 rings (SSSR count). The third kappa shape index (κ3) is 4.10. The Hall–Kier alpha value is -3.00. The van der Waals surface area contributed by atoms with Crippen LogP contribution in [0.25, 0.3) is 17.6 Å². The van der Waals surface area contributed by atoms with Crippen LogP contribution in [0.5, 0.6) is 0 Å². The van der Waals surface area contributed by atoms with Gasteiger partial charge in [-0.25, -0.2) is 9.67 Å². The van der Waals surface area contributed by atoms with Gasteiger partial charge in [0.1, 0.15) is 6.33 Å². The first-order chi connectivity index (χ1) is 11.9. The summed E-state index contributed by atoms with van der Waals surface area (Å²) < 4.78 is 1.42. The number of benzene rings is 1. The molecule has 0 aliphatic carbocycles. The van der Waals surface area contributed by atoms with Crippen molar-refractivity contribution in [1.29, 1.82) is 0 Å². The fraction of sp³-hybridized carbons (Fsp3) is 0.294. The van der Waals surface area contributed by atoms with Gasteiger partial charge in [0.05, 0.1) is 19.1 Å². The van der Waals surface area contributed by atoms with Crippen LogP contribution in [0, 0.1) is 13.8 Å². The van der Waals surface area contributed by atoms with Crippen LogP contribution in [0.4, 0.5) is 0 Å². The first-order valence-electron chi connectivity index (χ1n) is 7.88. The predicted molar refractivity (Wildman–Crippen MR) is 90.7 cm³/mol. The number of hydrogen-bond donors (Lipinski definition) is 2. The minimum absolute atomic E-state index is 0.0202. The Kier molecular flexibility index (Phi) is 4.62. The molecule has 1 aliphatic rings. The van der Waals surface area contributed by atoms with Gasteiger partial charge in [0.15, 0.2) is 5.82 Å². The first-order valence-corrected chi connectivity index (χ1v) is 7.88. The van der Waals surface area contributed by atoms with Crippen molar-refractivity contribution in [2.45, 2.75) is 26.4 Å². The van der Waals surface area contributed by atoms with E-state index in [1.165, 1.54) is 23.3 Å². The molecule has 1 aliphatic heterocycles. The van der Waals surface area contributed by atoms with Gasteiger partial charge in [-0.05, 0) is 26.0 Å². The van der Waals surface area contributed by atoms with Crippen molar-refractivity contribution >= 4 is 18.0 Å². The second-order valence-electron chi connectivity index (χ2n) is 6.08. The van der Waals surface area contributed by atoms with Gasteiger partial charge in [0.25, 0.3) is 5.91 Å². The topological polar surface area (TPSA) is 100 Å². The zero-order valence-electron chi connectivity index (χ0n) is 14.0. The molecule has 1 unspecified atom stereocenters. The molecule has 1 fully saturated rings. The van der Waals surface area contributed by atoms with Crippen LogP contribution in [-0.2, 0) is 9.59 Å². The minimum Gasteiger partial charge on any atom is -0.391 e. The van der Waals surface area contributed by atoms with E-state index < -0.39 is 12.0 Å². The predicted octanol–water partition coefficient (Wildman–Crippen LogP) is 0.657. The highest BCUT2D eigenvalue weighted by atomic mass is 16.3. The van der Waals surface area contributed by atoms with Crippen molar-refractivity contribution in [3.05, 3.63) is 41.7 Å². The Labute approximate surface area is 144 Å². The molecule has 25 heavy (non-hydrogen) atoms. The molecule has 1 aromatic heterocycles. The third-order valence-electron chi connectivity index (χ3n) is 3.72. The molecular formula is C17H19N5O3. The average molecular weight is 341 g/mol. The number of hydrazine groups is 1. The lowest BCUT2D eigenvalue weighted by Crippen LogP contribution is -2.42. The van der Waals surface area contributed by atoms with E-state index in [-0.39, 0.29) is 18.9 Å². The number of carbonyl (C=O) groups excluding carboxylic acids is 2. The maximum absolute atomic E-state index is 11.9. The lowest BCUT2D eigenvalue weighted by molar-refractivity contribution is -0.136. The molecule has 2 aromatic rings. The van der Waals surface area contributed by atoms with E-state index in [9.17, 15) is 14.7 Å². The highest BCUT2D eigenvalue weighted by molar-refractivity contribution is 5.92. The summed E-state index contributed by atoms with van der Waals surface area (Å²) >= 11 is 0. The Balaban J connectivity index is 1.65. The van der Waals surface area contributed by atoms with E-state index in [0.29, 0.717) is 5.82 Å². The van der Waals surface area contributed by atoms with Crippen LogP contribution in [-0.4, -0.2) is 49.3 Å². The molecule has 0 spiro atoms. The standard InChI is InChI=1S/C17H19N5O3/c1-11-5-12(2)7-13(6-11)17-18-10-21(20-17)4-3-15(24)19-22-9-14(23)8-16(22)25/h3-7,10,14,23H,8-9H2,1-2H3,(H,19,24)/b4-3-. The molecule has 1 saturated heterocycles. The first kappa shape index (κ1) is 16.8. The Morgan fingerprint density at radius 1 is 1.32 bits per heavy atom. The van der Waals surface area contributed by atoms with Crippen molar-refractivity contribution in [3.8, 4) is 11.4 Å². The van der Waals surface area contributed by atoms with Crippen molar-refractivity contribution in [3.63, 3.8) is 0 Å². The number of hydrogen-bond acceptors (Lipinski definition) is 5. The number of rotatable bonds is 4. The van der Waals surface area contributed by atoms with Crippen molar-refractivity contribution in [1.82, 2.24) is 25.2 Å². The highest BCUT2D eigenvalue weighted by Crippen LogP contribution is 2.18. The second kappa shape index (κ2) is 6.86. The number of aliphatic hydroxyl groups is 1. The normalized spacial score (nSPS) is 17.5. The largest absolute Gasteiger partial charge is 0.391 e. The summed E-state index contributed by atoms with van der Waals surface area (Å²) in [6, 6.07) is 6.06. The van der Waals surface area contributed by atoms with E-state index in [4.69, 9.17) is 0 Å². The van der Waals surface area contributed by atoms with Crippen LogP contribution < -0.4 is 5.43 Å². The van der Waals surface area contributed by atoms with Crippen LogP contribution in [0.1, 0.15) is 17.5 Å². The molecule has 2 N–H and O–H groups in total. The van der Waals surface area contributed by atoms with Gasteiger partial charge >= 0.3 is 0 Å². The lowest BCUT2D eigenvalue weighted by Gasteiger charge is -2.15. The number of nitrogens with one attached hydrogen (secondary N) is 1. The molecule has 2 heterocycles. The Morgan fingerprint density at radius 3 is 2.68 bits per heavy atom. The van der Waals surface area contributed by atoms with Crippen molar-refractivity contribution in [2.75, 3.05) is 6.54 Å². The van der Waals surface area contributed by atoms with Gasteiger partial charge in [-0.2, -0.15) is 0 Å². The van der Waals surface area contributed by atoms with Crippen LogP contribution >= 0.6 is 0 Å². The van der Waals surface area contributed by atoms with Gasteiger partial charge in [-0.15, -0.1) is 5.10 Å². The number of amides is 2. The molecule has 1 atom stereocenters. The number of carbonyl (C=O) groups is 2. The van der Waals surface area contributed by atoms with Gasteiger partial charge in [0, 0.05) is 17.8 Å². The smallest absolute Gasteiger partial charge is 0.264 e. The van der Waals surface area contributed by atoms with Gasteiger partial charge in [-0.1, -0.05) is 17.2 Å². The molecule has 130 valence electrons. The molecule has 2 amide bonds. The number of aryl methyl sites for hydroxylation is 2. The molecule has 8 heteroatoms. The van der Waals surface area contributed by atoms with Crippen LogP contribution in [0.15, 0.2) is 30.6 Å². The molecule has 0 radical (unpaired) electrons. The van der Waals surface area contributed by atoms with Gasteiger partial charge in [0.2, 0.25) is 5.91 Å². The van der Waals surface area contributed by atoms with Crippen LogP contribution in [0.3, 0.4) is 0 Å². The fourth-order valence-electron chi connectivity index (χ4n) is 2.69. The third-order valence-corrected chi connectivity index (χ3v) is 3.72. The quantitative estimate of drug-likeness (QED) is 0.796. The van der Waals surface area contributed by atoms with Crippen LogP contribution in [0.2, 0.25) is 0 Å². The van der Waals surface area contributed by atoms with Crippen molar-refractivity contribution in [2.24, 2.45) is 0 Å². The molecule has 8 nitrogen and oxygen atoms in total. The fourth-order valence-corrected chi connectivity index (χ4v) is 2.69. The SMILES string of the molecule is Cc1cc(C)cc(-c2ncn(/C=C\C(=O)NN3CC(O)CC3=O)n2)c1. The number of nitrogens with zero attached hydrogens (tertiary/aromatic N) is 4. The number of aromatic nitrogens is 3. The number of β-amino-alcohol motifs (C(OH)–C–C–N with tert-alkyl or cyclic N) is 1. The molecule has 1 aromatic carbocycles.